The van der Waals surface area contributed by atoms with Crippen LogP contribution in [0, 0.1) is 6.92 Å². The molecule has 1 aromatic heterocycles. The third-order valence-electron chi connectivity index (χ3n) is 2.26. The molecule has 0 aliphatic carbocycles. The van der Waals surface area contributed by atoms with Crippen molar-refractivity contribution < 1.29 is 0 Å². The van der Waals surface area contributed by atoms with E-state index < -0.39 is 0 Å². The summed E-state index contributed by atoms with van der Waals surface area (Å²) in [5.74, 6) is 0.805. The number of rotatable bonds is 5. The fourth-order valence-corrected chi connectivity index (χ4v) is 1.53. The highest BCUT2D eigenvalue weighted by atomic mass is 15.2. The van der Waals surface area contributed by atoms with E-state index in [4.69, 9.17) is 5.73 Å². The van der Waals surface area contributed by atoms with Crippen LogP contribution in [-0.4, -0.2) is 23.1 Å². The molecule has 4 heteroatoms. The quantitative estimate of drug-likeness (QED) is 0.796. The average Bonchev–Trinajstić information content (AvgIpc) is 2.24. The average molecular weight is 208 g/mol. The molecule has 0 amide bonds. The molecule has 0 unspecified atom stereocenters. The predicted octanol–water partition coefficient (Wildman–Crippen LogP) is 1.48. The standard InChI is InChI=1S/C11H20N4/c1-4-6-15(5-2)11-13-9(3)7-10(8-12)14-11/h7H,4-6,8,12H2,1-3H3. The van der Waals surface area contributed by atoms with Gasteiger partial charge in [-0.3, -0.25) is 0 Å². The summed E-state index contributed by atoms with van der Waals surface area (Å²) >= 11 is 0. The summed E-state index contributed by atoms with van der Waals surface area (Å²) in [6, 6.07) is 1.93. The Morgan fingerprint density at radius 1 is 1.33 bits per heavy atom. The Morgan fingerprint density at radius 2 is 2.07 bits per heavy atom. The van der Waals surface area contributed by atoms with Gasteiger partial charge in [-0.25, -0.2) is 9.97 Å². The third-order valence-corrected chi connectivity index (χ3v) is 2.26. The van der Waals surface area contributed by atoms with E-state index in [9.17, 15) is 0 Å². The molecule has 0 fully saturated rings. The number of aromatic nitrogens is 2. The van der Waals surface area contributed by atoms with Crippen LogP contribution in [0.5, 0.6) is 0 Å². The molecule has 84 valence electrons. The minimum atomic E-state index is 0.472. The number of anilines is 1. The van der Waals surface area contributed by atoms with Gasteiger partial charge in [-0.15, -0.1) is 0 Å². The van der Waals surface area contributed by atoms with Crippen molar-refractivity contribution in [3.63, 3.8) is 0 Å². The zero-order valence-corrected chi connectivity index (χ0v) is 9.82. The van der Waals surface area contributed by atoms with E-state index in [-0.39, 0.29) is 0 Å². The van der Waals surface area contributed by atoms with Crippen LogP contribution in [0.4, 0.5) is 5.95 Å². The maximum atomic E-state index is 5.59. The van der Waals surface area contributed by atoms with E-state index in [1.165, 1.54) is 0 Å². The highest BCUT2D eigenvalue weighted by Gasteiger charge is 2.07. The first-order valence-corrected chi connectivity index (χ1v) is 5.50. The Balaban J connectivity index is 2.95. The first kappa shape index (κ1) is 11.9. The number of nitrogens with two attached hydrogens (primary N) is 1. The topological polar surface area (TPSA) is 55.0 Å². The van der Waals surface area contributed by atoms with Crippen LogP contribution < -0.4 is 10.6 Å². The van der Waals surface area contributed by atoms with Crippen LogP contribution in [0.1, 0.15) is 31.7 Å². The molecular weight excluding hydrogens is 188 g/mol. The number of hydrogen-bond donors (Lipinski definition) is 1. The van der Waals surface area contributed by atoms with Crippen LogP contribution in [0.25, 0.3) is 0 Å². The summed E-state index contributed by atoms with van der Waals surface area (Å²) in [5, 5.41) is 0. The smallest absolute Gasteiger partial charge is 0.225 e. The van der Waals surface area contributed by atoms with Crippen LogP contribution in [0.2, 0.25) is 0 Å². The van der Waals surface area contributed by atoms with E-state index in [2.05, 4.69) is 28.7 Å². The fraction of sp³-hybridized carbons (Fsp3) is 0.636. The minimum absolute atomic E-state index is 0.472. The van der Waals surface area contributed by atoms with Gasteiger partial charge in [-0.1, -0.05) is 6.92 Å². The van der Waals surface area contributed by atoms with E-state index in [1.54, 1.807) is 0 Å². The van der Waals surface area contributed by atoms with E-state index in [0.717, 1.165) is 36.8 Å². The molecule has 1 heterocycles. The Labute approximate surface area is 91.5 Å². The van der Waals surface area contributed by atoms with Crippen molar-refractivity contribution in [1.82, 2.24) is 9.97 Å². The summed E-state index contributed by atoms with van der Waals surface area (Å²) in [4.78, 5) is 11.0. The minimum Gasteiger partial charge on any atom is -0.341 e. The molecule has 0 spiro atoms. The molecule has 0 radical (unpaired) electrons. The van der Waals surface area contributed by atoms with Gasteiger partial charge in [-0.2, -0.15) is 0 Å². The third kappa shape index (κ3) is 3.16. The highest BCUT2D eigenvalue weighted by molar-refractivity contribution is 5.31. The maximum Gasteiger partial charge on any atom is 0.225 e. The summed E-state index contributed by atoms with van der Waals surface area (Å²) in [6.45, 7) is 8.64. The van der Waals surface area contributed by atoms with Crippen LogP contribution >= 0.6 is 0 Å². The van der Waals surface area contributed by atoms with Gasteiger partial charge in [0.2, 0.25) is 5.95 Å². The number of hydrogen-bond acceptors (Lipinski definition) is 4. The zero-order valence-electron chi connectivity index (χ0n) is 9.82. The van der Waals surface area contributed by atoms with Gasteiger partial charge in [0.15, 0.2) is 0 Å². The van der Waals surface area contributed by atoms with Gasteiger partial charge >= 0.3 is 0 Å². The normalized spacial score (nSPS) is 10.4. The molecular formula is C11H20N4. The molecule has 1 rings (SSSR count). The van der Waals surface area contributed by atoms with Crippen molar-refractivity contribution in [2.45, 2.75) is 33.7 Å². The van der Waals surface area contributed by atoms with E-state index in [1.807, 2.05) is 13.0 Å². The lowest BCUT2D eigenvalue weighted by molar-refractivity contribution is 0.752. The van der Waals surface area contributed by atoms with Crippen molar-refractivity contribution in [3.05, 3.63) is 17.5 Å². The molecule has 0 aliphatic rings. The molecule has 15 heavy (non-hydrogen) atoms. The molecule has 1 aromatic rings. The van der Waals surface area contributed by atoms with Crippen molar-refractivity contribution in [1.29, 1.82) is 0 Å². The molecule has 2 N–H and O–H groups in total. The second-order valence-electron chi connectivity index (χ2n) is 3.58. The molecule has 0 saturated carbocycles. The van der Waals surface area contributed by atoms with E-state index in [0.29, 0.717) is 6.54 Å². The predicted molar refractivity (Wildman–Crippen MR) is 62.8 cm³/mol. The molecule has 0 aliphatic heterocycles. The zero-order chi connectivity index (χ0) is 11.3. The summed E-state index contributed by atoms with van der Waals surface area (Å²) in [7, 11) is 0. The van der Waals surface area contributed by atoms with Gasteiger partial charge < -0.3 is 10.6 Å². The van der Waals surface area contributed by atoms with Gasteiger partial charge in [-0.05, 0) is 26.3 Å². The van der Waals surface area contributed by atoms with Crippen molar-refractivity contribution >= 4 is 5.95 Å². The maximum absolute atomic E-state index is 5.59. The second kappa shape index (κ2) is 5.66. The lowest BCUT2D eigenvalue weighted by Gasteiger charge is -2.20. The van der Waals surface area contributed by atoms with E-state index >= 15 is 0 Å². The molecule has 0 saturated heterocycles. The number of nitrogens with zero attached hydrogens (tertiary/aromatic N) is 3. The first-order chi connectivity index (χ1) is 7.21. The summed E-state index contributed by atoms with van der Waals surface area (Å²) < 4.78 is 0. The van der Waals surface area contributed by atoms with Gasteiger partial charge in [0.25, 0.3) is 0 Å². The molecule has 0 bridgehead atoms. The second-order valence-corrected chi connectivity index (χ2v) is 3.58. The lowest BCUT2D eigenvalue weighted by Crippen LogP contribution is -2.26. The van der Waals surface area contributed by atoms with Crippen LogP contribution in [-0.2, 0) is 6.54 Å². The largest absolute Gasteiger partial charge is 0.341 e. The first-order valence-electron chi connectivity index (χ1n) is 5.50. The van der Waals surface area contributed by atoms with Crippen LogP contribution in [0.15, 0.2) is 6.07 Å². The Hall–Kier alpha value is -1.16. The summed E-state index contributed by atoms with van der Waals surface area (Å²) in [6.07, 6.45) is 1.10. The van der Waals surface area contributed by atoms with Crippen molar-refractivity contribution in [2.24, 2.45) is 5.73 Å². The van der Waals surface area contributed by atoms with Gasteiger partial charge in [0.1, 0.15) is 0 Å². The Bertz CT molecular complexity index is 311. The Morgan fingerprint density at radius 3 is 2.60 bits per heavy atom. The summed E-state index contributed by atoms with van der Waals surface area (Å²) in [5.41, 5.74) is 7.49. The highest BCUT2D eigenvalue weighted by Crippen LogP contribution is 2.10. The van der Waals surface area contributed by atoms with Gasteiger partial charge in [0, 0.05) is 25.3 Å². The number of aryl methyl sites for hydroxylation is 1. The molecule has 0 atom stereocenters. The van der Waals surface area contributed by atoms with Crippen LogP contribution in [0.3, 0.4) is 0 Å². The lowest BCUT2D eigenvalue weighted by atomic mass is 10.3. The SMILES string of the molecule is CCCN(CC)c1nc(C)cc(CN)n1. The van der Waals surface area contributed by atoms with Crippen molar-refractivity contribution in [2.75, 3.05) is 18.0 Å². The van der Waals surface area contributed by atoms with Gasteiger partial charge in [0.05, 0.1) is 5.69 Å². The molecule has 4 nitrogen and oxygen atoms in total. The Kier molecular flexibility index (Phi) is 4.49. The monoisotopic (exact) mass is 208 g/mol. The molecule has 0 aromatic carbocycles. The van der Waals surface area contributed by atoms with Crippen molar-refractivity contribution in [3.8, 4) is 0 Å². The fourth-order valence-electron chi connectivity index (χ4n) is 1.53.